The van der Waals surface area contributed by atoms with Gasteiger partial charge < -0.3 is 10.4 Å². The minimum absolute atomic E-state index is 0.00205. The summed E-state index contributed by atoms with van der Waals surface area (Å²) in [4.78, 5) is 21.9. The molecule has 0 aliphatic carbocycles. The van der Waals surface area contributed by atoms with Crippen LogP contribution in [0.5, 0.6) is 0 Å². The summed E-state index contributed by atoms with van der Waals surface area (Å²) in [6.07, 6.45) is 1.30. The van der Waals surface area contributed by atoms with Crippen LogP contribution < -0.4 is 5.32 Å². The minimum Gasteiger partial charge on any atom is -0.465 e. The Balaban J connectivity index is 2.41. The van der Waals surface area contributed by atoms with E-state index in [2.05, 4.69) is 10.4 Å². The van der Waals surface area contributed by atoms with E-state index in [0.717, 1.165) is 5.69 Å². The Hall–Kier alpha value is -1.85. The van der Waals surface area contributed by atoms with Crippen molar-refractivity contribution in [3.63, 3.8) is 0 Å². The molecule has 0 radical (unpaired) electrons. The number of hydrogen-bond acceptors (Lipinski definition) is 3. The topological polar surface area (TPSA) is 84.2 Å². The molecular weight excluding hydrogens is 210 g/mol. The number of nitrogens with one attached hydrogen (secondary N) is 1. The number of Topliss-reactive ketones (excluding diaryl/α,β-unsaturated/α-hetero) is 1. The molecule has 1 aromatic heterocycles. The predicted molar refractivity (Wildman–Crippen MR) is 57.5 cm³/mol. The Morgan fingerprint density at radius 1 is 1.56 bits per heavy atom. The zero-order valence-electron chi connectivity index (χ0n) is 9.36. The van der Waals surface area contributed by atoms with Gasteiger partial charge in [-0.1, -0.05) is 0 Å². The number of carboxylic acid groups (broad SMARTS) is 1. The number of nitrogens with zero attached hydrogens (tertiary/aromatic N) is 2. The van der Waals surface area contributed by atoms with Crippen molar-refractivity contribution in [3.05, 3.63) is 17.5 Å². The maximum Gasteiger partial charge on any atom is 0.404 e. The van der Waals surface area contributed by atoms with E-state index in [4.69, 9.17) is 5.11 Å². The van der Waals surface area contributed by atoms with E-state index in [1.165, 1.54) is 0 Å². The zero-order chi connectivity index (χ0) is 12.1. The van der Waals surface area contributed by atoms with Crippen LogP contribution >= 0.6 is 0 Å². The van der Waals surface area contributed by atoms with Crippen molar-refractivity contribution >= 4 is 11.9 Å². The number of amides is 1. The fourth-order valence-corrected chi connectivity index (χ4v) is 1.35. The van der Waals surface area contributed by atoms with Gasteiger partial charge in [-0.05, 0) is 13.3 Å². The summed E-state index contributed by atoms with van der Waals surface area (Å²) in [6, 6.07) is 0. The highest BCUT2D eigenvalue weighted by molar-refractivity contribution is 5.96. The van der Waals surface area contributed by atoms with Crippen molar-refractivity contribution in [2.75, 3.05) is 6.54 Å². The second-order valence-electron chi connectivity index (χ2n) is 3.53. The number of rotatable bonds is 5. The number of carbonyl (C=O) groups is 2. The van der Waals surface area contributed by atoms with Crippen molar-refractivity contribution in [1.82, 2.24) is 15.1 Å². The molecule has 2 N–H and O–H groups in total. The van der Waals surface area contributed by atoms with Gasteiger partial charge in [0.05, 0.1) is 11.8 Å². The van der Waals surface area contributed by atoms with E-state index < -0.39 is 6.09 Å². The van der Waals surface area contributed by atoms with Gasteiger partial charge in [-0.2, -0.15) is 5.10 Å². The van der Waals surface area contributed by atoms with E-state index in [0.29, 0.717) is 24.9 Å². The lowest BCUT2D eigenvalue weighted by Gasteiger charge is -2.01. The second kappa shape index (κ2) is 5.29. The van der Waals surface area contributed by atoms with Crippen molar-refractivity contribution in [3.8, 4) is 0 Å². The third-order valence-electron chi connectivity index (χ3n) is 2.39. The summed E-state index contributed by atoms with van der Waals surface area (Å²) < 4.78 is 1.64. The molecule has 0 saturated carbocycles. The highest BCUT2D eigenvalue weighted by Gasteiger charge is 2.12. The minimum atomic E-state index is -1.06. The van der Waals surface area contributed by atoms with Gasteiger partial charge in [0.25, 0.3) is 0 Å². The SMILES string of the molecule is Cc1c(C(=O)CCCNC(=O)O)cnn1C. The molecule has 0 atom stereocenters. The quantitative estimate of drug-likeness (QED) is 0.577. The van der Waals surface area contributed by atoms with Crippen molar-refractivity contribution in [2.24, 2.45) is 7.05 Å². The fraction of sp³-hybridized carbons (Fsp3) is 0.500. The van der Waals surface area contributed by atoms with Crippen LogP contribution in [0.2, 0.25) is 0 Å². The molecule has 1 aromatic rings. The third-order valence-corrected chi connectivity index (χ3v) is 2.39. The van der Waals surface area contributed by atoms with Crippen molar-refractivity contribution in [1.29, 1.82) is 0 Å². The summed E-state index contributed by atoms with van der Waals surface area (Å²) in [5.74, 6) is -0.00205. The van der Waals surface area contributed by atoms with Gasteiger partial charge in [-0.15, -0.1) is 0 Å². The molecular formula is C10H15N3O3. The van der Waals surface area contributed by atoms with Crippen LogP contribution in [0.15, 0.2) is 6.20 Å². The molecule has 0 aromatic carbocycles. The first kappa shape index (κ1) is 12.2. The highest BCUT2D eigenvalue weighted by atomic mass is 16.4. The van der Waals surface area contributed by atoms with Crippen molar-refractivity contribution < 1.29 is 14.7 Å². The second-order valence-corrected chi connectivity index (χ2v) is 3.53. The van der Waals surface area contributed by atoms with Crippen LogP contribution in [-0.4, -0.2) is 33.3 Å². The van der Waals surface area contributed by atoms with E-state index in [1.807, 2.05) is 6.92 Å². The summed E-state index contributed by atoms with van der Waals surface area (Å²) in [5, 5.41) is 14.5. The van der Waals surface area contributed by atoms with E-state index in [-0.39, 0.29) is 5.78 Å². The fourth-order valence-electron chi connectivity index (χ4n) is 1.35. The largest absolute Gasteiger partial charge is 0.465 e. The maximum absolute atomic E-state index is 11.7. The summed E-state index contributed by atoms with van der Waals surface area (Å²) in [6.45, 7) is 2.12. The van der Waals surface area contributed by atoms with E-state index in [9.17, 15) is 9.59 Å². The molecule has 0 saturated heterocycles. The van der Waals surface area contributed by atoms with Crippen molar-refractivity contribution in [2.45, 2.75) is 19.8 Å². The standard InChI is InChI=1S/C10H15N3O3/c1-7-8(6-12-13(7)2)9(14)4-3-5-11-10(15)16/h6,11H,3-5H2,1-2H3,(H,15,16). The van der Waals surface area contributed by atoms with Gasteiger partial charge in [-0.3, -0.25) is 9.48 Å². The van der Waals surface area contributed by atoms with Gasteiger partial charge in [0.2, 0.25) is 0 Å². The molecule has 1 heterocycles. The van der Waals surface area contributed by atoms with Crippen LogP contribution in [-0.2, 0) is 7.05 Å². The van der Waals surface area contributed by atoms with E-state index in [1.54, 1.807) is 17.9 Å². The lowest BCUT2D eigenvalue weighted by atomic mass is 10.1. The molecule has 0 unspecified atom stereocenters. The number of carbonyl (C=O) groups excluding carboxylic acids is 1. The normalized spacial score (nSPS) is 10.1. The highest BCUT2D eigenvalue weighted by Crippen LogP contribution is 2.09. The number of hydrogen-bond donors (Lipinski definition) is 2. The molecule has 1 amide bonds. The third kappa shape index (κ3) is 3.08. The Morgan fingerprint density at radius 2 is 2.25 bits per heavy atom. The predicted octanol–water partition coefficient (Wildman–Crippen LogP) is 0.959. The Bertz CT molecular complexity index is 398. The molecule has 6 heteroatoms. The molecule has 88 valence electrons. The van der Waals surface area contributed by atoms with Gasteiger partial charge in [-0.25, -0.2) is 4.79 Å². The maximum atomic E-state index is 11.7. The molecule has 0 aliphatic heterocycles. The summed E-state index contributed by atoms with van der Waals surface area (Å²) in [5.41, 5.74) is 1.44. The molecule has 1 rings (SSSR count). The molecule has 0 spiro atoms. The van der Waals surface area contributed by atoms with Crippen LogP contribution in [0.1, 0.15) is 28.9 Å². The number of ketones is 1. The average molecular weight is 225 g/mol. The van der Waals surface area contributed by atoms with Gasteiger partial charge in [0, 0.05) is 25.7 Å². The Morgan fingerprint density at radius 3 is 2.75 bits per heavy atom. The molecule has 6 nitrogen and oxygen atoms in total. The van der Waals surface area contributed by atoms with E-state index >= 15 is 0 Å². The number of aryl methyl sites for hydroxylation is 1. The summed E-state index contributed by atoms with van der Waals surface area (Å²) in [7, 11) is 1.78. The lowest BCUT2D eigenvalue weighted by molar-refractivity contribution is 0.0978. The van der Waals surface area contributed by atoms with Crippen LogP contribution in [0.4, 0.5) is 4.79 Å². The van der Waals surface area contributed by atoms with Crippen LogP contribution in [0.25, 0.3) is 0 Å². The van der Waals surface area contributed by atoms with Crippen LogP contribution in [0, 0.1) is 6.92 Å². The zero-order valence-corrected chi connectivity index (χ0v) is 9.36. The molecule has 0 bridgehead atoms. The van der Waals surface area contributed by atoms with Gasteiger partial charge >= 0.3 is 6.09 Å². The monoisotopic (exact) mass is 225 g/mol. The average Bonchev–Trinajstić information content (AvgIpc) is 2.54. The molecule has 0 fully saturated rings. The first-order valence-electron chi connectivity index (χ1n) is 5.01. The molecule has 16 heavy (non-hydrogen) atoms. The number of aromatic nitrogens is 2. The smallest absolute Gasteiger partial charge is 0.404 e. The Labute approximate surface area is 93.3 Å². The molecule has 0 aliphatic rings. The first-order valence-corrected chi connectivity index (χ1v) is 5.01. The van der Waals surface area contributed by atoms with Crippen LogP contribution in [0.3, 0.4) is 0 Å². The Kier molecular flexibility index (Phi) is 4.04. The van der Waals surface area contributed by atoms with Gasteiger partial charge in [0.1, 0.15) is 0 Å². The summed E-state index contributed by atoms with van der Waals surface area (Å²) >= 11 is 0. The lowest BCUT2D eigenvalue weighted by Crippen LogP contribution is -2.22. The van der Waals surface area contributed by atoms with Gasteiger partial charge in [0.15, 0.2) is 5.78 Å². The first-order chi connectivity index (χ1) is 7.52.